The fraction of sp³-hybridized carbons (Fsp3) is 0.600. The Kier molecular flexibility index (Phi) is 5.76. The van der Waals surface area contributed by atoms with Crippen LogP contribution in [0.2, 0.25) is 0 Å². The fourth-order valence-electron chi connectivity index (χ4n) is 2.54. The topological polar surface area (TPSA) is 40.5 Å². The Morgan fingerprint density at radius 1 is 1.17 bits per heavy atom. The van der Waals surface area contributed by atoms with Crippen molar-refractivity contribution in [2.75, 3.05) is 13.2 Å². The summed E-state index contributed by atoms with van der Waals surface area (Å²) >= 11 is 0. The van der Waals surface area contributed by atoms with E-state index in [0.717, 1.165) is 18.4 Å². The van der Waals surface area contributed by atoms with Crippen molar-refractivity contribution in [1.82, 2.24) is 0 Å². The van der Waals surface area contributed by atoms with Crippen LogP contribution in [0.15, 0.2) is 24.3 Å². The zero-order valence-electron chi connectivity index (χ0n) is 11.2. The first-order chi connectivity index (χ1) is 8.57. The van der Waals surface area contributed by atoms with Gasteiger partial charge < -0.3 is 10.2 Å². The maximum absolute atomic E-state index is 12.9. The highest BCUT2D eigenvalue weighted by molar-refractivity contribution is 5.26. The Balaban J connectivity index is 2.95. The summed E-state index contributed by atoms with van der Waals surface area (Å²) in [6, 6.07) is 6.06. The monoisotopic (exact) mass is 254 g/mol. The number of hydrogen-bond donors (Lipinski definition) is 2. The largest absolute Gasteiger partial charge is 0.395 e. The molecule has 0 spiro atoms. The molecule has 1 unspecified atom stereocenters. The molecule has 102 valence electrons. The molecule has 0 amide bonds. The van der Waals surface area contributed by atoms with Crippen molar-refractivity contribution in [2.45, 2.75) is 38.5 Å². The molecule has 0 heterocycles. The highest BCUT2D eigenvalue weighted by Crippen LogP contribution is 2.32. The third kappa shape index (κ3) is 3.53. The van der Waals surface area contributed by atoms with E-state index in [0.29, 0.717) is 12.3 Å². The summed E-state index contributed by atoms with van der Waals surface area (Å²) in [7, 11) is 0. The van der Waals surface area contributed by atoms with E-state index in [4.69, 9.17) is 0 Å². The zero-order valence-corrected chi connectivity index (χ0v) is 11.2. The van der Waals surface area contributed by atoms with Gasteiger partial charge in [-0.05, 0) is 30.0 Å². The first kappa shape index (κ1) is 15.1. The van der Waals surface area contributed by atoms with Crippen LogP contribution in [0.4, 0.5) is 4.39 Å². The van der Waals surface area contributed by atoms with Crippen LogP contribution >= 0.6 is 0 Å². The molecular formula is C15H23FO2. The average Bonchev–Trinajstić information content (AvgIpc) is 2.37. The summed E-state index contributed by atoms with van der Waals surface area (Å²) < 4.78 is 12.9. The molecule has 18 heavy (non-hydrogen) atoms. The van der Waals surface area contributed by atoms with E-state index in [1.807, 2.05) is 0 Å². The molecule has 0 aromatic heterocycles. The van der Waals surface area contributed by atoms with Crippen LogP contribution in [0.3, 0.4) is 0 Å². The molecule has 0 saturated heterocycles. The van der Waals surface area contributed by atoms with Crippen LogP contribution in [0.25, 0.3) is 0 Å². The van der Waals surface area contributed by atoms with Gasteiger partial charge in [-0.3, -0.25) is 0 Å². The minimum Gasteiger partial charge on any atom is -0.395 e. The second kappa shape index (κ2) is 6.86. The molecule has 0 aliphatic heterocycles. The lowest BCUT2D eigenvalue weighted by atomic mass is 9.74. The van der Waals surface area contributed by atoms with Gasteiger partial charge in [0.25, 0.3) is 0 Å². The van der Waals surface area contributed by atoms with E-state index in [9.17, 15) is 14.6 Å². The van der Waals surface area contributed by atoms with Crippen LogP contribution in [-0.2, 0) is 5.41 Å². The van der Waals surface area contributed by atoms with Gasteiger partial charge in [-0.15, -0.1) is 0 Å². The van der Waals surface area contributed by atoms with E-state index < -0.39 is 5.41 Å². The van der Waals surface area contributed by atoms with Crippen molar-refractivity contribution in [3.8, 4) is 0 Å². The number of aliphatic hydroxyl groups excluding tert-OH is 2. The van der Waals surface area contributed by atoms with Gasteiger partial charge in [-0.2, -0.15) is 0 Å². The predicted octanol–water partition coefficient (Wildman–Crippen LogP) is 2.87. The summed E-state index contributed by atoms with van der Waals surface area (Å²) in [4.78, 5) is 0. The highest BCUT2D eigenvalue weighted by atomic mass is 19.1. The van der Waals surface area contributed by atoms with Crippen LogP contribution in [-0.4, -0.2) is 23.4 Å². The molecule has 2 nitrogen and oxygen atoms in total. The molecule has 1 rings (SSSR count). The lowest BCUT2D eigenvalue weighted by Crippen LogP contribution is -2.36. The normalized spacial score (nSPS) is 13.6. The average molecular weight is 254 g/mol. The molecule has 0 radical (unpaired) electrons. The van der Waals surface area contributed by atoms with E-state index in [1.54, 1.807) is 12.1 Å². The summed E-state index contributed by atoms with van der Waals surface area (Å²) in [6.45, 7) is 3.99. The summed E-state index contributed by atoms with van der Waals surface area (Å²) in [6.07, 6.45) is 2.85. The molecule has 0 aliphatic carbocycles. The maximum atomic E-state index is 12.9. The van der Waals surface area contributed by atoms with Crippen molar-refractivity contribution < 1.29 is 14.6 Å². The SMILES string of the molecule is CCCC(C)CC(CO)(CO)c1ccc(F)cc1. The Bertz CT molecular complexity index is 344. The van der Waals surface area contributed by atoms with E-state index >= 15 is 0 Å². The van der Waals surface area contributed by atoms with Crippen molar-refractivity contribution in [2.24, 2.45) is 5.92 Å². The minimum absolute atomic E-state index is 0.122. The van der Waals surface area contributed by atoms with Gasteiger partial charge in [-0.25, -0.2) is 4.39 Å². The quantitative estimate of drug-likeness (QED) is 0.785. The predicted molar refractivity (Wildman–Crippen MR) is 70.9 cm³/mol. The third-order valence-corrected chi connectivity index (χ3v) is 3.58. The third-order valence-electron chi connectivity index (χ3n) is 3.58. The first-order valence-corrected chi connectivity index (χ1v) is 6.55. The van der Waals surface area contributed by atoms with Gasteiger partial charge in [0.2, 0.25) is 0 Å². The lowest BCUT2D eigenvalue weighted by molar-refractivity contribution is 0.0956. The number of hydrogen-bond acceptors (Lipinski definition) is 2. The molecule has 0 bridgehead atoms. The molecule has 1 aromatic carbocycles. The Labute approximate surface area is 108 Å². The molecular weight excluding hydrogens is 231 g/mol. The van der Waals surface area contributed by atoms with Crippen molar-refractivity contribution in [1.29, 1.82) is 0 Å². The van der Waals surface area contributed by atoms with Gasteiger partial charge in [0, 0.05) is 5.41 Å². The fourth-order valence-corrected chi connectivity index (χ4v) is 2.54. The number of aliphatic hydroxyl groups is 2. The second-order valence-electron chi connectivity index (χ2n) is 5.20. The Morgan fingerprint density at radius 3 is 2.17 bits per heavy atom. The van der Waals surface area contributed by atoms with Gasteiger partial charge in [-0.1, -0.05) is 38.8 Å². The van der Waals surface area contributed by atoms with Crippen LogP contribution in [0.1, 0.15) is 38.7 Å². The minimum atomic E-state index is -0.664. The van der Waals surface area contributed by atoms with Gasteiger partial charge in [0.05, 0.1) is 13.2 Å². The van der Waals surface area contributed by atoms with Crippen molar-refractivity contribution in [3.05, 3.63) is 35.6 Å². The van der Waals surface area contributed by atoms with E-state index in [-0.39, 0.29) is 19.0 Å². The van der Waals surface area contributed by atoms with Crippen LogP contribution in [0, 0.1) is 11.7 Å². The zero-order chi connectivity index (χ0) is 13.6. The molecule has 3 heteroatoms. The molecule has 2 N–H and O–H groups in total. The smallest absolute Gasteiger partial charge is 0.123 e. The summed E-state index contributed by atoms with van der Waals surface area (Å²) in [5, 5.41) is 19.3. The van der Waals surface area contributed by atoms with Gasteiger partial charge in [0.15, 0.2) is 0 Å². The maximum Gasteiger partial charge on any atom is 0.123 e. The Morgan fingerprint density at radius 2 is 1.72 bits per heavy atom. The second-order valence-corrected chi connectivity index (χ2v) is 5.20. The Hall–Kier alpha value is -0.930. The molecule has 0 fully saturated rings. The van der Waals surface area contributed by atoms with Gasteiger partial charge in [0.1, 0.15) is 5.82 Å². The highest BCUT2D eigenvalue weighted by Gasteiger charge is 2.32. The molecule has 0 saturated carbocycles. The van der Waals surface area contributed by atoms with Crippen LogP contribution < -0.4 is 0 Å². The molecule has 1 atom stereocenters. The summed E-state index contributed by atoms with van der Waals surface area (Å²) in [5.41, 5.74) is 0.138. The van der Waals surface area contributed by atoms with Crippen molar-refractivity contribution >= 4 is 0 Å². The van der Waals surface area contributed by atoms with Gasteiger partial charge >= 0.3 is 0 Å². The molecule has 0 aliphatic rings. The summed E-state index contributed by atoms with van der Waals surface area (Å²) in [5.74, 6) is 0.115. The number of benzene rings is 1. The van der Waals surface area contributed by atoms with E-state index in [1.165, 1.54) is 12.1 Å². The molecule has 1 aromatic rings. The van der Waals surface area contributed by atoms with E-state index in [2.05, 4.69) is 13.8 Å². The first-order valence-electron chi connectivity index (χ1n) is 6.55. The van der Waals surface area contributed by atoms with Crippen LogP contribution in [0.5, 0.6) is 0 Å². The number of rotatable bonds is 7. The standard InChI is InChI=1S/C15H23FO2/c1-3-4-12(2)9-15(10-17,11-18)13-5-7-14(16)8-6-13/h5-8,12,17-18H,3-4,9-11H2,1-2H3. The lowest BCUT2D eigenvalue weighted by Gasteiger charge is -2.33. The number of halogens is 1. The van der Waals surface area contributed by atoms with Crippen molar-refractivity contribution in [3.63, 3.8) is 0 Å².